The third kappa shape index (κ3) is 3.54. The predicted molar refractivity (Wildman–Crippen MR) is 112 cm³/mol. The highest BCUT2D eigenvalue weighted by atomic mass is 16.2. The van der Waals surface area contributed by atoms with Crippen LogP contribution in [0.4, 0.5) is 0 Å². The minimum atomic E-state index is -0.438. The van der Waals surface area contributed by atoms with Crippen molar-refractivity contribution in [1.29, 1.82) is 5.26 Å². The lowest BCUT2D eigenvalue weighted by atomic mass is 10.0. The highest BCUT2D eigenvalue weighted by Crippen LogP contribution is 2.21. The van der Waals surface area contributed by atoms with E-state index in [1.54, 1.807) is 28.2 Å². The Morgan fingerprint density at radius 2 is 2.12 bits per heavy atom. The van der Waals surface area contributed by atoms with Crippen molar-refractivity contribution in [2.24, 2.45) is 5.92 Å². The molecule has 1 fully saturated rings. The van der Waals surface area contributed by atoms with Crippen molar-refractivity contribution in [2.75, 3.05) is 19.6 Å². The molecule has 11 heteroatoms. The monoisotopic (exact) mass is 427 g/mol. The first-order valence-corrected chi connectivity index (χ1v) is 9.88. The van der Waals surface area contributed by atoms with Crippen molar-refractivity contribution >= 4 is 23.0 Å². The molecule has 0 unspecified atom stereocenters. The second-order valence-corrected chi connectivity index (χ2v) is 7.31. The summed E-state index contributed by atoms with van der Waals surface area (Å²) in [7, 11) is 0. The minimum absolute atomic E-state index is 0.127. The van der Waals surface area contributed by atoms with Gasteiger partial charge in [-0.25, -0.2) is 14.6 Å². The summed E-state index contributed by atoms with van der Waals surface area (Å²) >= 11 is 0. The molecule has 0 aliphatic carbocycles. The summed E-state index contributed by atoms with van der Waals surface area (Å²) in [6.45, 7) is 0.652. The van der Waals surface area contributed by atoms with Crippen molar-refractivity contribution in [2.45, 2.75) is 0 Å². The highest BCUT2D eigenvalue weighted by molar-refractivity contribution is 6.05. The second-order valence-electron chi connectivity index (χ2n) is 7.31. The zero-order valence-corrected chi connectivity index (χ0v) is 16.8. The average Bonchev–Trinajstić information content (AvgIpc) is 3.46. The first-order valence-electron chi connectivity index (χ1n) is 9.88. The number of nitriles is 1. The number of hydrogen-bond acceptors (Lipinski definition) is 7. The summed E-state index contributed by atoms with van der Waals surface area (Å²) in [5.74, 6) is -0.792. The second kappa shape index (κ2) is 7.92. The molecular formula is C21H17N9O2. The maximum atomic E-state index is 12.7. The zero-order valence-electron chi connectivity index (χ0n) is 16.8. The normalized spacial score (nSPS) is 13.5. The number of H-pyrrole nitrogens is 1. The number of carbonyl (C=O) groups excluding carboxylic acids is 2. The molecule has 2 N–H and O–H groups in total. The van der Waals surface area contributed by atoms with Gasteiger partial charge in [0.05, 0.1) is 41.7 Å². The Bertz CT molecular complexity index is 1350. The third-order valence-corrected chi connectivity index (χ3v) is 5.22. The fourth-order valence-electron chi connectivity index (χ4n) is 3.44. The first kappa shape index (κ1) is 19.4. The SMILES string of the molecule is N#CC1CN(C(=O)CNC(=O)c2c[nH]c3ncc(-c4cc(-n5cccn5)ccn4)nc23)C1. The maximum absolute atomic E-state index is 12.7. The van der Waals surface area contributed by atoms with Crippen molar-refractivity contribution in [3.8, 4) is 23.1 Å². The molecule has 1 saturated heterocycles. The molecule has 5 rings (SSSR count). The van der Waals surface area contributed by atoms with Crippen LogP contribution in [0.3, 0.4) is 0 Å². The van der Waals surface area contributed by atoms with Crippen LogP contribution in [0.5, 0.6) is 0 Å². The third-order valence-electron chi connectivity index (χ3n) is 5.22. The van der Waals surface area contributed by atoms with Crippen LogP contribution in [-0.4, -0.2) is 66.1 Å². The molecule has 0 saturated carbocycles. The van der Waals surface area contributed by atoms with Gasteiger partial charge in [-0.15, -0.1) is 0 Å². The Morgan fingerprint density at radius 1 is 1.25 bits per heavy atom. The summed E-state index contributed by atoms with van der Waals surface area (Å²) in [4.78, 5) is 42.6. The van der Waals surface area contributed by atoms with Gasteiger partial charge in [0.25, 0.3) is 5.91 Å². The molecular weight excluding hydrogens is 410 g/mol. The molecule has 0 atom stereocenters. The Hall–Kier alpha value is -4.59. The van der Waals surface area contributed by atoms with Crippen molar-refractivity contribution in [3.63, 3.8) is 0 Å². The first-order chi connectivity index (χ1) is 15.6. The van der Waals surface area contributed by atoms with E-state index in [0.717, 1.165) is 5.69 Å². The summed E-state index contributed by atoms with van der Waals surface area (Å²) < 4.78 is 1.71. The van der Waals surface area contributed by atoms with Crippen LogP contribution in [0.15, 0.2) is 49.2 Å². The Balaban J connectivity index is 1.35. The number of rotatable bonds is 5. The number of likely N-dealkylation sites (tertiary alicyclic amines) is 1. The molecule has 32 heavy (non-hydrogen) atoms. The van der Waals surface area contributed by atoms with Gasteiger partial charge in [-0.1, -0.05) is 0 Å². The van der Waals surface area contributed by atoms with Gasteiger partial charge >= 0.3 is 0 Å². The molecule has 5 heterocycles. The fraction of sp³-hybridized carbons (Fsp3) is 0.190. The van der Waals surface area contributed by atoms with E-state index in [-0.39, 0.29) is 23.9 Å². The quantitative estimate of drug-likeness (QED) is 0.481. The van der Waals surface area contributed by atoms with E-state index in [1.165, 1.54) is 6.20 Å². The van der Waals surface area contributed by atoms with Crippen LogP contribution in [0, 0.1) is 17.2 Å². The number of fused-ring (bicyclic) bond motifs is 1. The zero-order chi connectivity index (χ0) is 22.1. The molecule has 2 amide bonds. The molecule has 11 nitrogen and oxygen atoms in total. The van der Waals surface area contributed by atoms with Crippen molar-refractivity contribution in [1.82, 2.24) is 39.9 Å². The largest absolute Gasteiger partial charge is 0.344 e. The number of amides is 2. The maximum Gasteiger partial charge on any atom is 0.255 e. The van der Waals surface area contributed by atoms with Gasteiger partial charge < -0.3 is 15.2 Å². The lowest BCUT2D eigenvalue weighted by Crippen LogP contribution is -2.52. The Kier molecular flexibility index (Phi) is 4.79. The van der Waals surface area contributed by atoms with Gasteiger partial charge in [-0.05, 0) is 18.2 Å². The minimum Gasteiger partial charge on any atom is -0.344 e. The van der Waals surface area contributed by atoms with Gasteiger partial charge in [0, 0.05) is 37.9 Å². The Labute approximate surface area is 181 Å². The molecule has 0 spiro atoms. The predicted octanol–water partition coefficient (Wildman–Crippen LogP) is 0.917. The molecule has 158 valence electrons. The summed E-state index contributed by atoms with van der Waals surface area (Å²) in [6, 6.07) is 7.59. The fourth-order valence-corrected chi connectivity index (χ4v) is 3.44. The number of pyridine rings is 1. The van der Waals surface area contributed by atoms with Crippen molar-refractivity contribution in [3.05, 3.63) is 54.7 Å². The van der Waals surface area contributed by atoms with Crippen LogP contribution in [-0.2, 0) is 4.79 Å². The molecule has 1 aliphatic heterocycles. The summed E-state index contributed by atoms with van der Waals surface area (Å²) in [5, 5.41) is 15.6. The lowest BCUT2D eigenvalue weighted by Gasteiger charge is -2.35. The van der Waals surface area contributed by atoms with E-state index < -0.39 is 5.91 Å². The van der Waals surface area contributed by atoms with Crippen LogP contribution in [0.25, 0.3) is 28.2 Å². The van der Waals surface area contributed by atoms with E-state index in [4.69, 9.17) is 5.26 Å². The van der Waals surface area contributed by atoms with Crippen LogP contribution >= 0.6 is 0 Å². The standard InChI is InChI=1S/C21H17N9O2/c22-7-13-11-29(12-13)18(31)10-26-21(32)15-8-24-20-19(15)28-17(9-25-20)16-6-14(2-4-23-16)30-5-1-3-27-30/h1-6,8-9,13H,10-12H2,(H,24,25)(H,26,32). The van der Waals surface area contributed by atoms with Gasteiger partial charge in [-0.3, -0.25) is 14.6 Å². The van der Waals surface area contributed by atoms with Crippen molar-refractivity contribution < 1.29 is 9.59 Å². The smallest absolute Gasteiger partial charge is 0.255 e. The summed E-state index contributed by atoms with van der Waals surface area (Å²) in [5.41, 5.74) is 3.01. The lowest BCUT2D eigenvalue weighted by molar-refractivity contribution is -0.135. The molecule has 1 aliphatic rings. The van der Waals surface area contributed by atoms with Gasteiger partial charge in [0.1, 0.15) is 11.2 Å². The van der Waals surface area contributed by atoms with E-state index in [0.29, 0.717) is 35.6 Å². The van der Waals surface area contributed by atoms with Gasteiger partial charge in [-0.2, -0.15) is 10.4 Å². The highest BCUT2D eigenvalue weighted by Gasteiger charge is 2.30. The molecule has 4 aromatic heterocycles. The Morgan fingerprint density at radius 3 is 2.91 bits per heavy atom. The average molecular weight is 427 g/mol. The number of aromatic nitrogens is 6. The number of carbonyl (C=O) groups is 2. The number of nitrogens with one attached hydrogen (secondary N) is 2. The molecule has 0 bridgehead atoms. The number of aromatic amines is 1. The van der Waals surface area contributed by atoms with Gasteiger partial charge in [0.15, 0.2) is 5.65 Å². The summed E-state index contributed by atoms with van der Waals surface area (Å²) in [6.07, 6.45) is 8.25. The molecule has 0 radical (unpaired) electrons. The van der Waals surface area contributed by atoms with E-state index >= 15 is 0 Å². The van der Waals surface area contributed by atoms with E-state index in [9.17, 15) is 9.59 Å². The molecule has 0 aromatic carbocycles. The topological polar surface area (TPSA) is 145 Å². The van der Waals surface area contributed by atoms with Gasteiger partial charge in [0.2, 0.25) is 5.91 Å². The molecule has 4 aromatic rings. The van der Waals surface area contributed by atoms with Crippen LogP contribution in [0.1, 0.15) is 10.4 Å². The van der Waals surface area contributed by atoms with E-state index in [2.05, 4.69) is 36.4 Å². The van der Waals surface area contributed by atoms with E-state index in [1.807, 2.05) is 24.4 Å². The number of nitrogens with zero attached hydrogens (tertiary/aromatic N) is 7. The number of hydrogen-bond donors (Lipinski definition) is 2. The van der Waals surface area contributed by atoms with Crippen LogP contribution < -0.4 is 5.32 Å². The van der Waals surface area contributed by atoms with Crippen LogP contribution in [0.2, 0.25) is 0 Å².